The second kappa shape index (κ2) is 6.43. The minimum atomic E-state index is -0.962. The normalized spacial score (nSPS) is 42.2. The maximum Gasteiger partial charge on any atom is 0.230 e. The van der Waals surface area contributed by atoms with Crippen molar-refractivity contribution in [2.24, 2.45) is 27.0 Å². The summed E-state index contributed by atoms with van der Waals surface area (Å²) in [6.07, 6.45) is 12.6. The molecule has 0 radical (unpaired) electrons. The highest BCUT2D eigenvalue weighted by Crippen LogP contribution is 2.90. The highest BCUT2D eigenvalue weighted by molar-refractivity contribution is 8.00. The lowest BCUT2D eigenvalue weighted by Crippen LogP contribution is -2.37. The number of rotatable bonds is 0. The second-order valence-electron chi connectivity index (χ2n) is 8.26. The van der Waals surface area contributed by atoms with Gasteiger partial charge in [-0.05, 0) is 12.8 Å². The van der Waals surface area contributed by atoms with E-state index in [0.29, 0.717) is 12.4 Å². The molecule has 1 saturated heterocycles. The number of nitrogens with zero attached hydrogens (tertiary/aromatic N) is 3. The molecule has 0 unspecified atom stereocenters. The molecule has 4 rings (SSSR count). The fourth-order valence-electron chi connectivity index (χ4n) is 6.15. The number of amidine groups is 1. The summed E-state index contributed by atoms with van der Waals surface area (Å²) in [6.45, 7) is 0.572. The molecule has 4 aliphatic rings. The molecule has 5 nitrogen and oxygen atoms in total. The van der Waals surface area contributed by atoms with Crippen LogP contribution in [0.4, 0.5) is 0 Å². The Kier molecular flexibility index (Phi) is 4.48. The zero-order valence-corrected chi connectivity index (χ0v) is 16.2. The molecule has 0 aromatic rings. The molecule has 3 atom stereocenters. The zero-order chi connectivity index (χ0) is 18.3. The summed E-state index contributed by atoms with van der Waals surface area (Å²) in [4.78, 5) is 4.61. The van der Waals surface area contributed by atoms with Crippen LogP contribution in [-0.4, -0.2) is 23.3 Å². The van der Waals surface area contributed by atoms with Gasteiger partial charge in [-0.15, -0.1) is 0 Å². The summed E-state index contributed by atoms with van der Waals surface area (Å²) in [5.74, 6) is 1.15. The monoisotopic (exact) mass is 372 g/mol. The Morgan fingerprint density at radius 2 is 1.50 bits per heavy atom. The SMILES string of the molecule is N#C[C@]12C3(CCCCCCCCCCC3)[C@@]1(C#N)C(N)=N[C@@]21OCCS1. The number of fused-ring (bicyclic) bond motifs is 4. The van der Waals surface area contributed by atoms with Crippen LogP contribution in [0.15, 0.2) is 4.99 Å². The number of ether oxygens (including phenoxy) is 1. The molecule has 2 N–H and O–H groups in total. The minimum Gasteiger partial charge on any atom is -0.386 e. The zero-order valence-electron chi connectivity index (χ0n) is 15.4. The Morgan fingerprint density at radius 3 is 1.96 bits per heavy atom. The van der Waals surface area contributed by atoms with Crippen LogP contribution in [0, 0.1) is 38.9 Å². The van der Waals surface area contributed by atoms with Gasteiger partial charge in [-0.2, -0.15) is 10.5 Å². The van der Waals surface area contributed by atoms with Crippen molar-refractivity contribution in [2.75, 3.05) is 12.4 Å². The van der Waals surface area contributed by atoms with E-state index in [9.17, 15) is 10.5 Å². The van der Waals surface area contributed by atoms with Gasteiger partial charge in [0.2, 0.25) is 5.06 Å². The van der Waals surface area contributed by atoms with Crippen LogP contribution in [0.25, 0.3) is 0 Å². The Morgan fingerprint density at radius 1 is 0.923 bits per heavy atom. The topological polar surface area (TPSA) is 95.2 Å². The van der Waals surface area contributed by atoms with Crippen molar-refractivity contribution in [3.63, 3.8) is 0 Å². The van der Waals surface area contributed by atoms with Crippen molar-refractivity contribution in [1.82, 2.24) is 0 Å². The quantitative estimate of drug-likeness (QED) is 0.690. The molecule has 26 heavy (non-hydrogen) atoms. The molecule has 6 heteroatoms. The summed E-state index contributed by atoms with van der Waals surface area (Å²) in [6, 6.07) is 5.09. The van der Waals surface area contributed by atoms with E-state index in [1.807, 2.05) is 0 Å². The lowest BCUT2D eigenvalue weighted by Gasteiger charge is -2.32. The van der Waals surface area contributed by atoms with Gasteiger partial charge < -0.3 is 10.5 Å². The average molecular weight is 373 g/mol. The Bertz CT molecular complexity index is 675. The van der Waals surface area contributed by atoms with Gasteiger partial charge in [0, 0.05) is 11.2 Å². The van der Waals surface area contributed by atoms with E-state index < -0.39 is 21.3 Å². The molecule has 2 spiro atoms. The average Bonchev–Trinajstić information content (AvgIpc) is 2.87. The number of aliphatic imine (C=N–C) groups is 1. The van der Waals surface area contributed by atoms with Gasteiger partial charge in [-0.1, -0.05) is 69.5 Å². The van der Waals surface area contributed by atoms with Gasteiger partial charge in [0.05, 0.1) is 18.7 Å². The van der Waals surface area contributed by atoms with Crippen molar-refractivity contribution in [3.8, 4) is 12.1 Å². The van der Waals surface area contributed by atoms with Gasteiger partial charge in [-0.25, -0.2) is 4.99 Å². The summed E-state index contributed by atoms with van der Waals surface area (Å²) < 4.78 is 6.07. The highest BCUT2D eigenvalue weighted by Gasteiger charge is 2.99. The third-order valence-corrected chi connectivity index (χ3v) is 8.56. The lowest BCUT2D eigenvalue weighted by molar-refractivity contribution is 0.00471. The standard InChI is InChI=1S/C20H28N4OS/c21-14-18-16(23)24-20(25-12-13-26-20)19(18,15-22)17(18)10-8-6-4-2-1-3-5-7-9-11-17/h1-13H2,(H2,23,24)/t18-,19+,20-/m1/s1. The van der Waals surface area contributed by atoms with Crippen LogP contribution < -0.4 is 5.73 Å². The largest absolute Gasteiger partial charge is 0.386 e. The van der Waals surface area contributed by atoms with Crippen molar-refractivity contribution < 1.29 is 4.74 Å². The van der Waals surface area contributed by atoms with Gasteiger partial charge in [-0.3, -0.25) is 0 Å². The number of nitrogens with two attached hydrogens (primary N) is 1. The summed E-state index contributed by atoms with van der Waals surface area (Å²) in [5, 5.41) is 19.7. The first kappa shape index (κ1) is 18.1. The summed E-state index contributed by atoms with van der Waals surface area (Å²) in [5.41, 5.74) is 4.11. The van der Waals surface area contributed by atoms with Crippen molar-refractivity contribution in [1.29, 1.82) is 10.5 Å². The number of hydrogen-bond acceptors (Lipinski definition) is 6. The molecule has 3 fully saturated rings. The van der Waals surface area contributed by atoms with E-state index in [0.717, 1.165) is 31.4 Å². The van der Waals surface area contributed by atoms with Crippen LogP contribution in [0.2, 0.25) is 0 Å². The van der Waals surface area contributed by atoms with Gasteiger partial charge >= 0.3 is 0 Å². The number of thioether (sulfide) groups is 1. The molecule has 0 amide bonds. The number of nitriles is 2. The molecular formula is C20H28N4OS. The Balaban J connectivity index is 1.74. The van der Waals surface area contributed by atoms with Crippen molar-refractivity contribution in [2.45, 2.75) is 75.7 Å². The first-order valence-corrected chi connectivity index (χ1v) is 11.1. The molecule has 0 aromatic carbocycles. The molecule has 0 aromatic heterocycles. The Labute approximate surface area is 160 Å². The fraction of sp³-hybridized carbons (Fsp3) is 0.850. The predicted octanol–water partition coefficient (Wildman–Crippen LogP) is 4.10. The first-order valence-electron chi connectivity index (χ1n) is 10.1. The van der Waals surface area contributed by atoms with E-state index in [1.165, 1.54) is 44.9 Å². The maximum atomic E-state index is 10.4. The van der Waals surface area contributed by atoms with Gasteiger partial charge in [0.1, 0.15) is 11.3 Å². The van der Waals surface area contributed by atoms with Crippen molar-refractivity contribution >= 4 is 17.6 Å². The van der Waals surface area contributed by atoms with Crippen molar-refractivity contribution in [3.05, 3.63) is 0 Å². The molecule has 2 aliphatic heterocycles. The van der Waals surface area contributed by atoms with Crippen LogP contribution >= 0.6 is 11.8 Å². The minimum absolute atomic E-state index is 0.350. The summed E-state index contributed by atoms with van der Waals surface area (Å²) in [7, 11) is 0. The molecule has 2 heterocycles. The van der Waals surface area contributed by atoms with Gasteiger partial charge in [0.25, 0.3) is 0 Å². The van der Waals surface area contributed by atoms with Crippen LogP contribution in [0.3, 0.4) is 0 Å². The molecular weight excluding hydrogens is 344 g/mol. The number of hydrogen-bond donors (Lipinski definition) is 1. The van der Waals surface area contributed by atoms with Crippen LogP contribution in [0.1, 0.15) is 70.6 Å². The smallest absolute Gasteiger partial charge is 0.230 e. The first-order chi connectivity index (χ1) is 12.7. The molecule has 0 bridgehead atoms. The van der Waals surface area contributed by atoms with Crippen LogP contribution in [0.5, 0.6) is 0 Å². The van der Waals surface area contributed by atoms with E-state index in [2.05, 4.69) is 17.1 Å². The van der Waals surface area contributed by atoms with E-state index in [4.69, 9.17) is 10.5 Å². The van der Waals surface area contributed by atoms with E-state index >= 15 is 0 Å². The molecule has 2 saturated carbocycles. The maximum absolute atomic E-state index is 10.4. The van der Waals surface area contributed by atoms with E-state index in [-0.39, 0.29) is 0 Å². The predicted molar refractivity (Wildman–Crippen MR) is 102 cm³/mol. The fourth-order valence-corrected chi connectivity index (χ4v) is 7.54. The second-order valence-corrected chi connectivity index (χ2v) is 9.51. The molecule has 2 aliphatic carbocycles. The lowest BCUT2D eigenvalue weighted by atomic mass is 9.80. The van der Waals surface area contributed by atoms with Crippen LogP contribution in [-0.2, 0) is 4.74 Å². The van der Waals surface area contributed by atoms with E-state index in [1.54, 1.807) is 11.8 Å². The summed E-state index contributed by atoms with van der Waals surface area (Å²) >= 11 is 1.58. The van der Waals surface area contributed by atoms with Gasteiger partial charge in [0.15, 0.2) is 5.41 Å². The molecule has 140 valence electrons. The third-order valence-electron chi connectivity index (χ3n) is 7.28. The highest BCUT2D eigenvalue weighted by atomic mass is 32.2. The Hall–Kier alpha value is -1.24. The third kappa shape index (κ3) is 1.93.